The zero-order valence-corrected chi connectivity index (χ0v) is 9.95. The van der Waals surface area contributed by atoms with Crippen LogP contribution in [0.5, 0.6) is 0 Å². The average molecular weight is 234 g/mol. The van der Waals surface area contributed by atoms with E-state index in [1.165, 1.54) is 0 Å². The van der Waals surface area contributed by atoms with Crippen LogP contribution < -0.4 is 5.43 Å². The fourth-order valence-corrected chi connectivity index (χ4v) is 2.07. The van der Waals surface area contributed by atoms with Gasteiger partial charge < -0.3 is 4.57 Å². The van der Waals surface area contributed by atoms with Crippen molar-refractivity contribution in [2.75, 3.05) is 0 Å². The quantitative estimate of drug-likeness (QED) is 0.742. The van der Waals surface area contributed by atoms with Crippen molar-refractivity contribution in [1.82, 2.24) is 4.57 Å². The second-order valence-electron chi connectivity index (χ2n) is 3.79. The van der Waals surface area contributed by atoms with E-state index in [0.717, 1.165) is 17.1 Å². The van der Waals surface area contributed by atoms with Crippen molar-refractivity contribution in [3.8, 4) is 5.69 Å². The van der Waals surface area contributed by atoms with E-state index in [4.69, 9.17) is 11.6 Å². The lowest BCUT2D eigenvalue weighted by Gasteiger charge is -2.14. The van der Waals surface area contributed by atoms with E-state index in [2.05, 4.69) is 0 Å². The molecule has 82 valence electrons. The van der Waals surface area contributed by atoms with Gasteiger partial charge in [0.25, 0.3) is 0 Å². The number of hydrogen-bond acceptors (Lipinski definition) is 1. The average Bonchev–Trinajstić information content (AvgIpc) is 2.15. The highest BCUT2D eigenvalue weighted by molar-refractivity contribution is 6.30. The molecule has 1 aromatic heterocycles. The Kier molecular flexibility index (Phi) is 2.84. The molecule has 0 saturated carbocycles. The van der Waals surface area contributed by atoms with Gasteiger partial charge in [-0.2, -0.15) is 0 Å². The van der Waals surface area contributed by atoms with E-state index >= 15 is 0 Å². The van der Waals surface area contributed by atoms with Crippen LogP contribution in [0, 0.1) is 13.8 Å². The second-order valence-corrected chi connectivity index (χ2v) is 4.23. The summed E-state index contributed by atoms with van der Waals surface area (Å²) in [5, 5.41) is 0.690. The molecule has 16 heavy (non-hydrogen) atoms. The molecule has 0 fully saturated rings. The van der Waals surface area contributed by atoms with Crippen LogP contribution in [0.3, 0.4) is 0 Å². The lowest BCUT2D eigenvalue weighted by Crippen LogP contribution is -2.11. The van der Waals surface area contributed by atoms with Gasteiger partial charge in [0, 0.05) is 34.2 Å². The number of aryl methyl sites for hydroxylation is 2. The van der Waals surface area contributed by atoms with Crippen molar-refractivity contribution in [2.24, 2.45) is 0 Å². The summed E-state index contributed by atoms with van der Waals surface area (Å²) < 4.78 is 2.01. The lowest BCUT2D eigenvalue weighted by atomic mass is 10.2. The van der Waals surface area contributed by atoms with Gasteiger partial charge in [0.15, 0.2) is 5.43 Å². The van der Waals surface area contributed by atoms with Gasteiger partial charge in [-0.05, 0) is 32.0 Å². The molecule has 0 saturated heterocycles. The van der Waals surface area contributed by atoms with E-state index in [1.807, 2.05) is 42.7 Å². The third kappa shape index (κ3) is 2.02. The maximum atomic E-state index is 11.3. The smallest absolute Gasteiger partial charge is 0.182 e. The molecular weight excluding hydrogens is 222 g/mol. The fraction of sp³-hybridized carbons (Fsp3) is 0.154. The normalized spacial score (nSPS) is 10.4. The molecule has 0 N–H and O–H groups in total. The molecular formula is C13H12ClNO. The third-order valence-corrected chi connectivity index (χ3v) is 2.71. The minimum absolute atomic E-state index is 0.0354. The van der Waals surface area contributed by atoms with Crippen LogP contribution in [0.15, 0.2) is 41.2 Å². The van der Waals surface area contributed by atoms with Crippen LogP contribution in [-0.4, -0.2) is 4.57 Å². The van der Waals surface area contributed by atoms with Crippen LogP contribution in [0.25, 0.3) is 5.69 Å². The number of pyridine rings is 1. The Morgan fingerprint density at radius 3 is 2.25 bits per heavy atom. The molecule has 1 aromatic carbocycles. The molecule has 2 aromatic rings. The summed E-state index contributed by atoms with van der Waals surface area (Å²) >= 11 is 5.96. The molecule has 0 bridgehead atoms. The molecule has 0 aliphatic rings. The van der Waals surface area contributed by atoms with Gasteiger partial charge in [-0.3, -0.25) is 4.79 Å². The summed E-state index contributed by atoms with van der Waals surface area (Å²) in [6.07, 6.45) is 0. The molecule has 1 heterocycles. The van der Waals surface area contributed by atoms with Crippen molar-refractivity contribution >= 4 is 11.6 Å². The van der Waals surface area contributed by atoms with E-state index in [0.29, 0.717) is 5.02 Å². The highest BCUT2D eigenvalue weighted by Gasteiger charge is 2.03. The highest BCUT2D eigenvalue weighted by Crippen LogP contribution is 2.17. The predicted octanol–water partition coefficient (Wildman–Crippen LogP) is 3.11. The van der Waals surface area contributed by atoms with Crippen molar-refractivity contribution < 1.29 is 0 Å². The monoisotopic (exact) mass is 233 g/mol. The van der Waals surface area contributed by atoms with Crippen molar-refractivity contribution in [2.45, 2.75) is 13.8 Å². The van der Waals surface area contributed by atoms with E-state index in [9.17, 15) is 4.79 Å². The van der Waals surface area contributed by atoms with Crippen LogP contribution in [0.4, 0.5) is 0 Å². The molecule has 0 aliphatic heterocycles. The number of rotatable bonds is 1. The number of nitrogens with zero attached hydrogens (tertiary/aromatic N) is 1. The van der Waals surface area contributed by atoms with Gasteiger partial charge in [-0.15, -0.1) is 0 Å². The molecule has 2 rings (SSSR count). The largest absolute Gasteiger partial charge is 0.318 e. The van der Waals surface area contributed by atoms with Crippen molar-refractivity contribution in [3.05, 3.63) is 63.0 Å². The Balaban J connectivity index is 2.69. The lowest BCUT2D eigenvalue weighted by molar-refractivity contribution is 0.922. The number of halogens is 1. The van der Waals surface area contributed by atoms with Crippen LogP contribution >= 0.6 is 11.6 Å². The first-order valence-corrected chi connectivity index (χ1v) is 5.42. The van der Waals surface area contributed by atoms with Crippen LogP contribution in [0.1, 0.15) is 11.4 Å². The second kappa shape index (κ2) is 4.14. The first-order chi connectivity index (χ1) is 7.58. The van der Waals surface area contributed by atoms with Crippen molar-refractivity contribution in [1.29, 1.82) is 0 Å². The summed E-state index contributed by atoms with van der Waals surface area (Å²) in [6, 6.07) is 10.8. The predicted molar refractivity (Wildman–Crippen MR) is 66.5 cm³/mol. The van der Waals surface area contributed by atoms with E-state index in [1.54, 1.807) is 12.1 Å². The molecule has 0 atom stereocenters. The van der Waals surface area contributed by atoms with Crippen molar-refractivity contribution in [3.63, 3.8) is 0 Å². The maximum absolute atomic E-state index is 11.3. The minimum atomic E-state index is 0.0354. The van der Waals surface area contributed by atoms with Gasteiger partial charge >= 0.3 is 0 Å². The molecule has 0 amide bonds. The van der Waals surface area contributed by atoms with Gasteiger partial charge in [-0.1, -0.05) is 17.7 Å². The first-order valence-electron chi connectivity index (χ1n) is 5.04. The zero-order chi connectivity index (χ0) is 11.7. The number of aromatic nitrogens is 1. The molecule has 0 aliphatic carbocycles. The van der Waals surface area contributed by atoms with Gasteiger partial charge in [0.2, 0.25) is 0 Å². The topological polar surface area (TPSA) is 22.0 Å². The van der Waals surface area contributed by atoms with E-state index in [-0.39, 0.29) is 5.43 Å². The molecule has 0 unspecified atom stereocenters. The highest BCUT2D eigenvalue weighted by atomic mass is 35.5. The van der Waals surface area contributed by atoms with Gasteiger partial charge in [0.05, 0.1) is 0 Å². The summed E-state index contributed by atoms with van der Waals surface area (Å²) in [4.78, 5) is 11.3. The Bertz CT molecular complexity index is 560. The Morgan fingerprint density at radius 1 is 1.06 bits per heavy atom. The number of hydrogen-bond donors (Lipinski definition) is 0. The Labute approximate surface area is 99.1 Å². The Morgan fingerprint density at radius 2 is 1.69 bits per heavy atom. The SMILES string of the molecule is Cc1cc(=O)cc(C)n1-c1cccc(Cl)c1. The summed E-state index contributed by atoms with van der Waals surface area (Å²) in [6.45, 7) is 3.82. The zero-order valence-electron chi connectivity index (χ0n) is 9.20. The molecule has 0 spiro atoms. The fourth-order valence-electron chi connectivity index (χ4n) is 1.88. The van der Waals surface area contributed by atoms with Crippen LogP contribution in [0.2, 0.25) is 5.02 Å². The van der Waals surface area contributed by atoms with Gasteiger partial charge in [-0.25, -0.2) is 0 Å². The maximum Gasteiger partial charge on any atom is 0.182 e. The van der Waals surface area contributed by atoms with Crippen LogP contribution in [-0.2, 0) is 0 Å². The molecule has 2 nitrogen and oxygen atoms in total. The Hall–Kier alpha value is -1.54. The van der Waals surface area contributed by atoms with Gasteiger partial charge in [0.1, 0.15) is 0 Å². The molecule has 0 radical (unpaired) electrons. The van der Waals surface area contributed by atoms with E-state index < -0.39 is 0 Å². The minimum Gasteiger partial charge on any atom is -0.318 e. The third-order valence-electron chi connectivity index (χ3n) is 2.47. The summed E-state index contributed by atoms with van der Waals surface area (Å²) in [7, 11) is 0. The first kappa shape index (κ1) is 11.0. The standard InChI is InChI=1S/C13H12ClNO/c1-9-6-13(16)7-10(2)15(9)12-5-3-4-11(14)8-12/h3-8H,1-2H3. The summed E-state index contributed by atoms with van der Waals surface area (Å²) in [5.41, 5.74) is 2.83. The summed E-state index contributed by atoms with van der Waals surface area (Å²) in [5.74, 6) is 0. The molecule has 3 heteroatoms. The number of benzene rings is 1.